The maximum atomic E-state index is 12.5. The summed E-state index contributed by atoms with van der Waals surface area (Å²) < 4.78 is 11.1. The second-order valence-electron chi connectivity index (χ2n) is 6.07. The number of carbonyl (C=O) groups is 1. The van der Waals surface area contributed by atoms with Gasteiger partial charge in [0.25, 0.3) is 5.91 Å². The normalized spacial score (nSPS) is 13.4. The zero-order chi connectivity index (χ0) is 17.1. The molecule has 0 fully saturated rings. The molecule has 0 saturated carbocycles. The van der Waals surface area contributed by atoms with Crippen molar-refractivity contribution in [3.63, 3.8) is 0 Å². The number of unbranched alkanes of at least 4 members (excludes halogenated alkanes) is 3. The lowest BCUT2D eigenvalue weighted by Gasteiger charge is -2.27. The Labute approximate surface area is 140 Å². The number of anilines is 1. The number of carbonyl (C=O) groups excluding carboxylic acids is 1. The first-order valence-corrected chi connectivity index (χ1v) is 8.65. The molecule has 0 saturated heterocycles. The number of amides is 1. The third-order valence-electron chi connectivity index (χ3n) is 4.07. The Bertz CT molecular complexity index is 458. The van der Waals surface area contributed by atoms with E-state index >= 15 is 0 Å². The fourth-order valence-electron chi connectivity index (χ4n) is 2.25. The van der Waals surface area contributed by atoms with E-state index in [0.717, 1.165) is 56.6 Å². The fraction of sp³-hybridized carbons (Fsp3) is 0.632. The van der Waals surface area contributed by atoms with Gasteiger partial charge in [0, 0.05) is 12.8 Å². The summed E-state index contributed by atoms with van der Waals surface area (Å²) in [5.41, 5.74) is -0.0255. The fourth-order valence-corrected chi connectivity index (χ4v) is 2.25. The first-order valence-electron chi connectivity index (χ1n) is 8.65. The maximum absolute atomic E-state index is 12.5. The van der Waals surface area contributed by atoms with Crippen LogP contribution in [0.15, 0.2) is 24.3 Å². The SMILES string of the molecule is CCCCC[C@](C)(OC)C(=O)Nc1ccc(OCCCC)cc1. The smallest absolute Gasteiger partial charge is 0.256 e. The highest BCUT2D eigenvalue weighted by atomic mass is 16.5. The zero-order valence-corrected chi connectivity index (χ0v) is 15.0. The van der Waals surface area contributed by atoms with Crippen molar-refractivity contribution in [3.05, 3.63) is 24.3 Å². The predicted molar refractivity (Wildman–Crippen MR) is 95.0 cm³/mol. The lowest BCUT2D eigenvalue weighted by atomic mass is 9.97. The molecule has 0 heterocycles. The van der Waals surface area contributed by atoms with E-state index in [2.05, 4.69) is 19.2 Å². The van der Waals surface area contributed by atoms with E-state index in [-0.39, 0.29) is 5.91 Å². The molecule has 0 aliphatic carbocycles. The van der Waals surface area contributed by atoms with E-state index < -0.39 is 5.60 Å². The van der Waals surface area contributed by atoms with Crippen LogP contribution in [0, 0.1) is 0 Å². The standard InChI is InChI=1S/C19H31NO3/c1-5-7-9-14-19(3,22-4)18(21)20-16-10-12-17(13-11-16)23-15-8-6-2/h10-13H,5-9,14-15H2,1-4H3,(H,20,21)/t19-/m0/s1. The minimum Gasteiger partial charge on any atom is -0.494 e. The number of benzene rings is 1. The molecule has 1 aromatic rings. The number of ether oxygens (including phenoxy) is 2. The van der Waals surface area contributed by atoms with Crippen molar-refractivity contribution in [3.8, 4) is 5.75 Å². The Morgan fingerprint density at radius 1 is 1.09 bits per heavy atom. The van der Waals surface area contributed by atoms with E-state index in [4.69, 9.17) is 9.47 Å². The highest BCUT2D eigenvalue weighted by Gasteiger charge is 2.32. The number of rotatable bonds is 11. The molecule has 1 amide bonds. The largest absolute Gasteiger partial charge is 0.494 e. The van der Waals surface area contributed by atoms with Gasteiger partial charge in [-0.05, 0) is 44.0 Å². The van der Waals surface area contributed by atoms with Crippen molar-refractivity contribution in [1.29, 1.82) is 0 Å². The van der Waals surface area contributed by atoms with Crippen LogP contribution in [-0.2, 0) is 9.53 Å². The van der Waals surface area contributed by atoms with Crippen molar-refractivity contribution >= 4 is 11.6 Å². The second-order valence-corrected chi connectivity index (χ2v) is 6.07. The van der Waals surface area contributed by atoms with Gasteiger partial charge >= 0.3 is 0 Å². The molecule has 4 nitrogen and oxygen atoms in total. The van der Waals surface area contributed by atoms with Gasteiger partial charge in [-0.1, -0.05) is 39.5 Å². The third kappa shape index (κ3) is 6.61. The van der Waals surface area contributed by atoms with Crippen LogP contribution < -0.4 is 10.1 Å². The molecule has 130 valence electrons. The summed E-state index contributed by atoms with van der Waals surface area (Å²) >= 11 is 0. The van der Waals surface area contributed by atoms with Crippen LogP contribution in [0.25, 0.3) is 0 Å². The summed E-state index contributed by atoms with van der Waals surface area (Å²) in [4.78, 5) is 12.5. The monoisotopic (exact) mass is 321 g/mol. The van der Waals surface area contributed by atoms with Crippen molar-refractivity contribution in [2.75, 3.05) is 19.0 Å². The Hall–Kier alpha value is -1.55. The number of hydrogen-bond acceptors (Lipinski definition) is 3. The summed E-state index contributed by atoms with van der Waals surface area (Å²) in [5, 5.41) is 2.94. The van der Waals surface area contributed by atoms with E-state index in [1.54, 1.807) is 7.11 Å². The molecule has 0 spiro atoms. The highest BCUT2D eigenvalue weighted by Crippen LogP contribution is 2.22. The Morgan fingerprint density at radius 2 is 1.74 bits per heavy atom. The molecule has 0 bridgehead atoms. The van der Waals surface area contributed by atoms with E-state index in [1.165, 1.54) is 0 Å². The lowest BCUT2D eigenvalue weighted by molar-refractivity contribution is -0.136. The van der Waals surface area contributed by atoms with Gasteiger partial charge in [0.1, 0.15) is 11.4 Å². The zero-order valence-electron chi connectivity index (χ0n) is 15.0. The van der Waals surface area contributed by atoms with Gasteiger partial charge in [-0.25, -0.2) is 0 Å². The Morgan fingerprint density at radius 3 is 2.30 bits per heavy atom. The van der Waals surface area contributed by atoms with Gasteiger partial charge in [0.05, 0.1) is 6.61 Å². The van der Waals surface area contributed by atoms with Crippen LogP contribution in [0.1, 0.15) is 59.3 Å². The number of hydrogen-bond donors (Lipinski definition) is 1. The molecule has 1 aromatic carbocycles. The molecule has 4 heteroatoms. The predicted octanol–water partition coefficient (Wildman–Crippen LogP) is 4.79. The molecule has 0 aromatic heterocycles. The topological polar surface area (TPSA) is 47.6 Å². The van der Waals surface area contributed by atoms with Crippen LogP contribution in [0.5, 0.6) is 5.75 Å². The van der Waals surface area contributed by atoms with Crippen LogP contribution in [-0.4, -0.2) is 25.2 Å². The first-order chi connectivity index (χ1) is 11.1. The Kier molecular flexibility index (Phi) is 8.70. The number of nitrogens with one attached hydrogen (secondary N) is 1. The second kappa shape index (κ2) is 10.3. The van der Waals surface area contributed by atoms with Crippen LogP contribution in [0.2, 0.25) is 0 Å². The van der Waals surface area contributed by atoms with Crippen LogP contribution >= 0.6 is 0 Å². The van der Waals surface area contributed by atoms with E-state index in [0.29, 0.717) is 0 Å². The molecule has 1 rings (SSSR count). The average molecular weight is 321 g/mol. The van der Waals surface area contributed by atoms with Gasteiger partial charge in [-0.3, -0.25) is 4.79 Å². The summed E-state index contributed by atoms with van der Waals surface area (Å²) in [6, 6.07) is 7.49. The van der Waals surface area contributed by atoms with Gasteiger partial charge in [0.2, 0.25) is 0 Å². The molecule has 0 radical (unpaired) electrons. The van der Waals surface area contributed by atoms with Crippen molar-refractivity contribution < 1.29 is 14.3 Å². The molecule has 23 heavy (non-hydrogen) atoms. The molecule has 1 N–H and O–H groups in total. The Balaban J connectivity index is 2.57. The van der Waals surface area contributed by atoms with Gasteiger partial charge < -0.3 is 14.8 Å². The van der Waals surface area contributed by atoms with Gasteiger partial charge in [-0.2, -0.15) is 0 Å². The molecule has 1 atom stereocenters. The maximum Gasteiger partial charge on any atom is 0.256 e. The molecular weight excluding hydrogens is 290 g/mol. The number of methoxy groups -OCH3 is 1. The summed E-state index contributed by atoms with van der Waals surface area (Å²) in [6.07, 6.45) is 6.10. The average Bonchev–Trinajstić information content (AvgIpc) is 2.56. The summed E-state index contributed by atoms with van der Waals surface area (Å²) in [5.74, 6) is 0.727. The van der Waals surface area contributed by atoms with Crippen LogP contribution in [0.4, 0.5) is 5.69 Å². The lowest BCUT2D eigenvalue weighted by Crippen LogP contribution is -2.41. The summed E-state index contributed by atoms with van der Waals surface area (Å²) in [7, 11) is 1.59. The van der Waals surface area contributed by atoms with Crippen molar-refractivity contribution in [2.45, 2.75) is 64.9 Å². The van der Waals surface area contributed by atoms with Crippen molar-refractivity contribution in [2.24, 2.45) is 0 Å². The third-order valence-corrected chi connectivity index (χ3v) is 4.07. The minimum absolute atomic E-state index is 0.101. The highest BCUT2D eigenvalue weighted by molar-refractivity contribution is 5.97. The van der Waals surface area contributed by atoms with E-state index in [9.17, 15) is 4.79 Å². The first kappa shape index (κ1) is 19.5. The molecule has 0 aliphatic rings. The van der Waals surface area contributed by atoms with Gasteiger partial charge in [0.15, 0.2) is 0 Å². The molecular formula is C19H31NO3. The van der Waals surface area contributed by atoms with Crippen LogP contribution in [0.3, 0.4) is 0 Å². The summed E-state index contributed by atoms with van der Waals surface area (Å²) in [6.45, 7) is 6.85. The van der Waals surface area contributed by atoms with E-state index in [1.807, 2.05) is 31.2 Å². The van der Waals surface area contributed by atoms with Gasteiger partial charge in [-0.15, -0.1) is 0 Å². The molecule has 0 unspecified atom stereocenters. The quantitative estimate of drug-likeness (QED) is 0.596. The minimum atomic E-state index is -0.786. The van der Waals surface area contributed by atoms with Crippen molar-refractivity contribution in [1.82, 2.24) is 0 Å². The molecule has 0 aliphatic heterocycles.